The van der Waals surface area contributed by atoms with E-state index in [9.17, 15) is 4.39 Å². The summed E-state index contributed by atoms with van der Waals surface area (Å²) in [6.07, 6.45) is 0. The molecule has 0 unspecified atom stereocenters. The van der Waals surface area contributed by atoms with Crippen molar-refractivity contribution >= 4 is 11.3 Å². The molecule has 2 rings (SSSR count). The van der Waals surface area contributed by atoms with E-state index in [4.69, 9.17) is 0 Å². The van der Waals surface area contributed by atoms with E-state index in [1.807, 2.05) is 23.5 Å². The number of thiophene rings is 1. The fraction of sp³-hybridized carbons (Fsp3) is 0.412. The van der Waals surface area contributed by atoms with Gasteiger partial charge in [-0.2, -0.15) is 0 Å². The third-order valence-corrected chi connectivity index (χ3v) is 4.26. The van der Waals surface area contributed by atoms with Crippen LogP contribution in [0.1, 0.15) is 29.2 Å². The molecule has 0 radical (unpaired) electrons. The molecule has 114 valence electrons. The Morgan fingerprint density at radius 3 is 2.38 bits per heavy atom. The Balaban J connectivity index is 1.84. The summed E-state index contributed by atoms with van der Waals surface area (Å²) in [5, 5.41) is 3.43. The van der Waals surface area contributed by atoms with Gasteiger partial charge in [0.05, 0.1) is 0 Å². The minimum absolute atomic E-state index is 0.179. The predicted octanol–water partition coefficient (Wildman–Crippen LogP) is 4.02. The Bertz CT molecular complexity index is 548. The predicted molar refractivity (Wildman–Crippen MR) is 87.9 cm³/mol. The third-order valence-electron chi connectivity index (χ3n) is 3.19. The largest absolute Gasteiger partial charge is 0.310 e. The third kappa shape index (κ3) is 5.58. The summed E-state index contributed by atoms with van der Waals surface area (Å²) in [5.41, 5.74) is 1.14. The van der Waals surface area contributed by atoms with E-state index >= 15 is 0 Å². The fourth-order valence-electron chi connectivity index (χ4n) is 2.13. The topological polar surface area (TPSA) is 15.3 Å². The second kappa shape index (κ2) is 7.69. The molecule has 1 N–H and O–H groups in total. The molecule has 1 aromatic heterocycles. The number of rotatable bonds is 7. The second-order valence-corrected chi connectivity index (χ2v) is 6.96. The van der Waals surface area contributed by atoms with Crippen LogP contribution in [0.2, 0.25) is 0 Å². The molecule has 4 heteroatoms. The van der Waals surface area contributed by atoms with Gasteiger partial charge in [0.2, 0.25) is 0 Å². The van der Waals surface area contributed by atoms with E-state index in [1.165, 1.54) is 21.9 Å². The second-order valence-electron chi connectivity index (χ2n) is 5.70. The lowest BCUT2D eigenvalue weighted by Crippen LogP contribution is -2.21. The van der Waals surface area contributed by atoms with Gasteiger partial charge in [-0.25, -0.2) is 4.39 Å². The van der Waals surface area contributed by atoms with Crippen molar-refractivity contribution in [2.75, 3.05) is 7.05 Å². The Morgan fingerprint density at radius 2 is 1.71 bits per heavy atom. The van der Waals surface area contributed by atoms with Crippen LogP contribution in [0.3, 0.4) is 0 Å². The molecule has 2 nitrogen and oxygen atoms in total. The van der Waals surface area contributed by atoms with Gasteiger partial charge < -0.3 is 5.32 Å². The van der Waals surface area contributed by atoms with Crippen molar-refractivity contribution in [1.82, 2.24) is 10.2 Å². The molecule has 0 aliphatic rings. The van der Waals surface area contributed by atoms with Crippen LogP contribution < -0.4 is 5.32 Å². The molecule has 1 heterocycles. The quantitative estimate of drug-likeness (QED) is 0.831. The van der Waals surface area contributed by atoms with Gasteiger partial charge in [0, 0.05) is 35.4 Å². The van der Waals surface area contributed by atoms with Gasteiger partial charge in [0.1, 0.15) is 5.82 Å². The number of hydrogen-bond donors (Lipinski definition) is 1. The summed E-state index contributed by atoms with van der Waals surface area (Å²) < 4.78 is 12.9. The molecular weight excluding hydrogens is 283 g/mol. The van der Waals surface area contributed by atoms with Crippen LogP contribution in [0.25, 0.3) is 0 Å². The van der Waals surface area contributed by atoms with Gasteiger partial charge in [-0.05, 0) is 36.9 Å². The Morgan fingerprint density at radius 1 is 1.05 bits per heavy atom. The molecule has 0 aliphatic heterocycles. The summed E-state index contributed by atoms with van der Waals surface area (Å²) in [5.74, 6) is -0.179. The van der Waals surface area contributed by atoms with E-state index in [0.717, 1.165) is 25.2 Å². The SMILES string of the molecule is CC(C)NCc1ccc(CN(C)Cc2ccc(F)cc2)s1. The van der Waals surface area contributed by atoms with Crippen LogP contribution in [0.15, 0.2) is 36.4 Å². The summed E-state index contributed by atoms with van der Waals surface area (Å²) in [6, 6.07) is 11.6. The maximum atomic E-state index is 12.9. The lowest BCUT2D eigenvalue weighted by molar-refractivity contribution is 0.322. The molecule has 21 heavy (non-hydrogen) atoms. The first-order valence-corrected chi connectivity index (χ1v) is 8.08. The van der Waals surface area contributed by atoms with Gasteiger partial charge in [0.15, 0.2) is 0 Å². The Labute approximate surface area is 130 Å². The molecule has 2 aromatic rings. The van der Waals surface area contributed by atoms with Crippen molar-refractivity contribution in [2.45, 2.75) is 39.5 Å². The minimum Gasteiger partial charge on any atom is -0.310 e. The van der Waals surface area contributed by atoms with E-state index in [1.54, 1.807) is 0 Å². The van der Waals surface area contributed by atoms with Crippen molar-refractivity contribution < 1.29 is 4.39 Å². The lowest BCUT2D eigenvalue weighted by Gasteiger charge is -2.15. The van der Waals surface area contributed by atoms with Crippen molar-refractivity contribution in [3.8, 4) is 0 Å². The number of benzene rings is 1. The zero-order chi connectivity index (χ0) is 15.2. The van der Waals surface area contributed by atoms with Crippen LogP contribution in [0.4, 0.5) is 4.39 Å². The van der Waals surface area contributed by atoms with Crippen molar-refractivity contribution in [2.24, 2.45) is 0 Å². The van der Waals surface area contributed by atoms with E-state index < -0.39 is 0 Å². The molecule has 0 bridgehead atoms. The van der Waals surface area contributed by atoms with Gasteiger partial charge in [-0.1, -0.05) is 26.0 Å². The van der Waals surface area contributed by atoms with Crippen molar-refractivity contribution in [3.05, 3.63) is 57.5 Å². The first-order valence-electron chi connectivity index (χ1n) is 7.27. The van der Waals surface area contributed by atoms with Crippen molar-refractivity contribution in [1.29, 1.82) is 0 Å². The monoisotopic (exact) mass is 306 g/mol. The highest BCUT2D eigenvalue weighted by Gasteiger charge is 2.05. The molecule has 0 amide bonds. The maximum absolute atomic E-state index is 12.9. The van der Waals surface area contributed by atoms with Crippen LogP contribution >= 0.6 is 11.3 Å². The van der Waals surface area contributed by atoms with Crippen LogP contribution in [-0.2, 0) is 19.6 Å². The summed E-state index contributed by atoms with van der Waals surface area (Å²) in [4.78, 5) is 4.98. The average Bonchev–Trinajstić information content (AvgIpc) is 2.86. The molecule has 1 aromatic carbocycles. The standard InChI is InChI=1S/C17H23FN2S/c1-13(2)19-10-16-8-9-17(21-16)12-20(3)11-14-4-6-15(18)7-5-14/h4-9,13,19H,10-12H2,1-3H3. The van der Waals surface area contributed by atoms with Crippen LogP contribution in [0, 0.1) is 5.82 Å². The molecule has 0 saturated heterocycles. The number of nitrogens with zero attached hydrogens (tertiary/aromatic N) is 1. The molecule has 0 fully saturated rings. The summed E-state index contributed by atoms with van der Waals surface area (Å²) in [7, 11) is 2.09. The smallest absolute Gasteiger partial charge is 0.123 e. The van der Waals surface area contributed by atoms with Gasteiger partial charge in [-0.15, -0.1) is 11.3 Å². The van der Waals surface area contributed by atoms with Crippen molar-refractivity contribution in [3.63, 3.8) is 0 Å². The van der Waals surface area contributed by atoms with Gasteiger partial charge >= 0.3 is 0 Å². The first kappa shape index (κ1) is 16.1. The highest BCUT2D eigenvalue weighted by molar-refractivity contribution is 7.11. The molecule has 0 aliphatic carbocycles. The molecule has 0 atom stereocenters. The van der Waals surface area contributed by atoms with Crippen LogP contribution in [-0.4, -0.2) is 18.0 Å². The normalized spacial score (nSPS) is 11.5. The Hall–Kier alpha value is -1.23. The van der Waals surface area contributed by atoms with E-state index in [2.05, 4.69) is 43.2 Å². The Kier molecular flexibility index (Phi) is 5.91. The van der Waals surface area contributed by atoms with Gasteiger partial charge in [0.25, 0.3) is 0 Å². The number of hydrogen-bond acceptors (Lipinski definition) is 3. The summed E-state index contributed by atoms with van der Waals surface area (Å²) in [6.45, 7) is 7.00. The van der Waals surface area contributed by atoms with E-state index in [-0.39, 0.29) is 5.82 Å². The zero-order valence-electron chi connectivity index (χ0n) is 12.9. The highest BCUT2D eigenvalue weighted by atomic mass is 32.1. The highest BCUT2D eigenvalue weighted by Crippen LogP contribution is 2.19. The number of nitrogens with one attached hydrogen (secondary N) is 1. The van der Waals surface area contributed by atoms with E-state index in [0.29, 0.717) is 6.04 Å². The fourth-order valence-corrected chi connectivity index (χ4v) is 3.18. The van der Waals surface area contributed by atoms with Gasteiger partial charge in [-0.3, -0.25) is 4.90 Å². The minimum atomic E-state index is -0.179. The maximum Gasteiger partial charge on any atom is 0.123 e. The zero-order valence-corrected chi connectivity index (χ0v) is 13.7. The molecule has 0 spiro atoms. The average molecular weight is 306 g/mol. The first-order chi connectivity index (χ1) is 10.0. The number of halogens is 1. The van der Waals surface area contributed by atoms with Crippen LogP contribution in [0.5, 0.6) is 0 Å². The molecular formula is C17H23FN2S. The lowest BCUT2D eigenvalue weighted by atomic mass is 10.2. The molecule has 0 saturated carbocycles. The summed E-state index contributed by atoms with van der Waals surface area (Å²) >= 11 is 1.85.